The van der Waals surface area contributed by atoms with Crippen molar-refractivity contribution in [2.24, 2.45) is 0 Å². The Hall–Kier alpha value is -4.10. The smallest absolute Gasteiger partial charge is 0.338 e. The minimum Gasteiger partial charge on any atom is -0.456 e. The van der Waals surface area contributed by atoms with Crippen molar-refractivity contribution in [1.82, 2.24) is 0 Å². The number of benzene rings is 3. The minimum absolute atomic E-state index is 0.0159. The Morgan fingerprint density at radius 3 is 1.80 bits per heavy atom. The molecular formula is C32H32O11S. The lowest BCUT2D eigenvalue weighted by atomic mass is 9.99. The van der Waals surface area contributed by atoms with E-state index in [0.29, 0.717) is 0 Å². The largest absolute Gasteiger partial charge is 0.456 e. The van der Waals surface area contributed by atoms with Crippen LogP contribution < -0.4 is 0 Å². The number of ether oxygens (including phenoxy) is 5. The summed E-state index contributed by atoms with van der Waals surface area (Å²) in [7, 11) is -4.41. The van der Waals surface area contributed by atoms with Crippen molar-refractivity contribution in [3.05, 3.63) is 102 Å². The zero-order valence-corrected chi connectivity index (χ0v) is 25.0. The first-order chi connectivity index (χ1) is 21.0. The first-order valence-corrected chi connectivity index (χ1v) is 15.4. The van der Waals surface area contributed by atoms with E-state index in [-0.39, 0.29) is 17.1 Å². The third-order valence-corrected chi connectivity index (χ3v) is 8.60. The molecule has 0 aromatic heterocycles. The van der Waals surface area contributed by atoms with Gasteiger partial charge in [0.05, 0.1) is 17.1 Å². The van der Waals surface area contributed by atoms with Gasteiger partial charge in [-0.15, -0.1) is 0 Å². The van der Waals surface area contributed by atoms with Gasteiger partial charge >= 0.3 is 17.9 Å². The monoisotopic (exact) mass is 624 g/mol. The third-order valence-electron chi connectivity index (χ3n) is 7.27. The fourth-order valence-electron chi connectivity index (χ4n) is 5.32. The van der Waals surface area contributed by atoms with E-state index in [1.165, 1.54) is 24.3 Å². The van der Waals surface area contributed by atoms with Crippen molar-refractivity contribution >= 4 is 28.0 Å². The molecule has 0 N–H and O–H groups in total. The molecule has 12 heteroatoms. The van der Waals surface area contributed by atoms with Crippen molar-refractivity contribution in [3.63, 3.8) is 0 Å². The van der Waals surface area contributed by atoms with E-state index < -0.39 is 70.8 Å². The molecule has 44 heavy (non-hydrogen) atoms. The van der Waals surface area contributed by atoms with Gasteiger partial charge in [-0.25, -0.2) is 4.79 Å². The Balaban J connectivity index is 1.56. The van der Waals surface area contributed by atoms with E-state index in [2.05, 4.69) is 0 Å². The lowest BCUT2D eigenvalue weighted by molar-refractivity contribution is -0.229. The second kappa shape index (κ2) is 13.3. The van der Waals surface area contributed by atoms with Gasteiger partial charge in [-0.2, -0.15) is 8.42 Å². The molecule has 0 spiro atoms. The first-order valence-electron chi connectivity index (χ1n) is 13.9. The normalized spacial score (nSPS) is 26.0. The van der Waals surface area contributed by atoms with Gasteiger partial charge in [0.1, 0.15) is 24.4 Å². The molecule has 0 aliphatic carbocycles. The molecule has 0 radical (unpaired) electrons. The van der Waals surface area contributed by atoms with Crippen LogP contribution in [0.25, 0.3) is 0 Å². The maximum Gasteiger partial charge on any atom is 0.338 e. The highest BCUT2D eigenvalue weighted by Gasteiger charge is 2.65. The summed E-state index contributed by atoms with van der Waals surface area (Å²) in [5.41, 5.74) is 1.80. The van der Waals surface area contributed by atoms with Crippen LogP contribution in [0.5, 0.6) is 0 Å². The zero-order valence-electron chi connectivity index (χ0n) is 24.2. The maximum atomic E-state index is 13.5. The maximum absolute atomic E-state index is 13.5. The van der Waals surface area contributed by atoms with Crippen molar-refractivity contribution in [1.29, 1.82) is 0 Å². The van der Waals surface area contributed by atoms with Gasteiger partial charge in [0.2, 0.25) is 0 Å². The summed E-state index contributed by atoms with van der Waals surface area (Å²) in [6.45, 7) is 4.13. The molecule has 2 heterocycles. The number of hydrogen-bond donors (Lipinski definition) is 0. The molecule has 0 amide bonds. The fourth-order valence-corrected chi connectivity index (χ4v) is 6.42. The molecule has 3 aromatic rings. The number of carbonyl (C=O) groups is 3. The highest BCUT2D eigenvalue weighted by Crippen LogP contribution is 2.42. The molecule has 7 atom stereocenters. The summed E-state index contributed by atoms with van der Waals surface area (Å²) in [5, 5.41) is 0. The molecule has 11 nitrogen and oxygen atoms in total. The van der Waals surface area contributed by atoms with E-state index in [1.54, 1.807) is 30.3 Å². The Bertz CT molecular complexity index is 1580. The van der Waals surface area contributed by atoms with Crippen LogP contribution in [0.1, 0.15) is 35.3 Å². The zero-order chi connectivity index (χ0) is 31.4. The molecule has 2 aliphatic heterocycles. The van der Waals surface area contributed by atoms with Crippen LogP contribution in [-0.2, 0) is 54.2 Å². The Labute approximate surface area is 255 Å². The van der Waals surface area contributed by atoms with Gasteiger partial charge in [-0.1, -0.05) is 66.2 Å². The molecule has 0 saturated carbocycles. The molecule has 3 aromatic carbocycles. The number of aryl methyl sites for hydroxylation is 1. The van der Waals surface area contributed by atoms with Crippen LogP contribution in [0.3, 0.4) is 0 Å². The third kappa shape index (κ3) is 6.99. The van der Waals surface area contributed by atoms with E-state index >= 15 is 0 Å². The molecule has 232 valence electrons. The van der Waals surface area contributed by atoms with Gasteiger partial charge in [-0.3, -0.25) is 13.8 Å². The molecule has 2 aliphatic rings. The number of rotatable bonds is 10. The van der Waals surface area contributed by atoms with E-state index in [1.807, 2.05) is 37.3 Å². The second-order valence-electron chi connectivity index (χ2n) is 10.5. The van der Waals surface area contributed by atoms with Crippen LogP contribution in [0.2, 0.25) is 0 Å². The van der Waals surface area contributed by atoms with Crippen molar-refractivity contribution in [3.8, 4) is 0 Å². The first kappa shape index (κ1) is 31.3. The van der Waals surface area contributed by atoms with E-state index in [4.69, 9.17) is 27.9 Å². The highest BCUT2D eigenvalue weighted by molar-refractivity contribution is 7.86. The predicted molar refractivity (Wildman–Crippen MR) is 154 cm³/mol. The Morgan fingerprint density at radius 1 is 0.682 bits per heavy atom. The average molecular weight is 625 g/mol. The lowest BCUT2D eigenvalue weighted by Gasteiger charge is -2.40. The van der Waals surface area contributed by atoms with Crippen molar-refractivity contribution < 1.29 is 50.7 Å². The Morgan fingerprint density at radius 2 is 1.23 bits per heavy atom. The standard InChI is InChI=1S/C32H32O11S/c1-19-14-16-24(17-15-19)44(36,37)43-31-25(38-18-22-10-6-4-7-11-22)26-27(39-20(2)33)29(28(30(31)41-26)40-21(3)34)42-32(35)23-12-8-5-9-13-23/h4-17,25-31H,18H2,1-3H3/t25-,26-,27+,28-,29+,30-,31+/m1/s1. The van der Waals surface area contributed by atoms with Crippen molar-refractivity contribution in [2.45, 2.75) is 75.0 Å². The summed E-state index contributed by atoms with van der Waals surface area (Å²) in [4.78, 5) is 37.8. The molecule has 2 saturated heterocycles. The molecular weight excluding hydrogens is 592 g/mol. The highest BCUT2D eigenvalue weighted by atomic mass is 32.2. The number of esters is 3. The van der Waals surface area contributed by atoms with Gasteiger partial charge < -0.3 is 23.7 Å². The van der Waals surface area contributed by atoms with Crippen LogP contribution in [-0.4, -0.2) is 69.1 Å². The molecule has 2 bridgehead atoms. The summed E-state index contributed by atoms with van der Waals surface area (Å²) < 4.78 is 62.3. The number of carbonyl (C=O) groups excluding carboxylic acids is 3. The number of hydrogen-bond acceptors (Lipinski definition) is 11. The summed E-state index contributed by atoms with van der Waals surface area (Å²) in [6, 6.07) is 23.2. The van der Waals surface area contributed by atoms with Crippen LogP contribution in [0.15, 0.2) is 89.8 Å². The molecule has 2 fully saturated rings. The van der Waals surface area contributed by atoms with Gasteiger partial charge in [-0.05, 0) is 36.8 Å². The SMILES string of the molecule is CC(=O)O[C@@H]1[C@H](OC(=O)c2ccccc2)[C@@H](OC(C)=O)[C@H]2O[C@@H]1[C@@H](OCc1ccccc1)[C@@H]2OS(=O)(=O)c1ccc(C)cc1. The van der Waals surface area contributed by atoms with Crippen LogP contribution in [0.4, 0.5) is 0 Å². The van der Waals surface area contributed by atoms with Gasteiger partial charge in [0.25, 0.3) is 10.1 Å². The summed E-state index contributed by atoms with van der Waals surface area (Å²) in [6.07, 6.45) is -9.17. The average Bonchev–Trinajstić information content (AvgIpc) is 3.30. The van der Waals surface area contributed by atoms with Gasteiger partial charge in [0, 0.05) is 13.8 Å². The Kier molecular flexibility index (Phi) is 9.45. The number of fused-ring (bicyclic) bond motifs is 2. The van der Waals surface area contributed by atoms with E-state index in [0.717, 1.165) is 25.0 Å². The second-order valence-corrected chi connectivity index (χ2v) is 12.1. The van der Waals surface area contributed by atoms with Crippen molar-refractivity contribution in [2.75, 3.05) is 0 Å². The lowest BCUT2D eigenvalue weighted by Crippen LogP contribution is -2.59. The fraction of sp³-hybridized carbons (Fsp3) is 0.344. The molecule has 5 rings (SSSR count). The van der Waals surface area contributed by atoms with Crippen LogP contribution >= 0.6 is 0 Å². The minimum atomic E-state index is -4.41. The topological polar surface area (TPSA) is 141 Å². The predicted octanol–water partition coefficient (Wildman–Crippen LogP) is 3.52. The van der Waals surface area contributed by atoms with Gasteiger partial charge in [0.15, 0.2) is 18.3 Å². The summed E-state index contributed by atoms with van der Waals surface area (Å²) in [5.74, 6) is -2.29. The quantitative estimate of drug-likeness (QED) is 0.186. The van der Waals surface area contributed by atoms with E-state index in [9.17, 15) is 22.8 Å². The van der Waals surface area contributed by atoms with Crippen LogP contribution in [0, 0.1) is 6.92 Å². The molecule has 0 unspecified atom stereocenters. The summed E-state index contributed by atoms with van der Waals surface area (Å²) >= 11 is 0.